The second-order valence-electron chi connectivity index (χ2n) is 4.74. The van der Waals surface area contributed by atoms with Crippen molar-refractivity contribution in [2.45, 2.75) is 45.1 Å². The Balaban J connectivity index is 2.22. The van der Waals surface area contributed by atoms with Crippen LogP contribution in [-0.4, -0.2) is 30.9 Å². The third kappa shape index (κ3) is 5.17. The largest absolute Gasteiger partial charge is 0.352 e. The normalized spacial score (nSPS) is 18.5. The molecule has 0 spiro atoms. The quantitative estimate of drug-likeness (QED) is 0.640. The molecule has 98 valence electrons. The molecular weight excluding hydrogens is 218 g/mol. The maximum atomic E-state index is 11.5. The molecule has 0 aliphatic heterocycles. The van der Waals surface area contributed by atoms with Crippen molar-refractivity contribution < 1.29 is 9.59 Å². The number of amides is 2. The summed E-state index contributed by atoms with van der Waals surface area (Å²) < 4.78 is 0. The summed E-state index contributed by atoms with van der Waals surface area (Å²) in [6, 6.07) is 0.192. The van der Waals surface area contributed by atoms with Gasteiger partial charge in [0.25, 0.3) is 0 Å². The predicted octanol–water partition coefficient (Wildman–Crippen LogP) is 0.146. The molecule has 1 atom stereocenters. The summed E-state index contributed by atoms with van der Waals surface area (Å²) in [5.41, 5.74) is 5.13. The molecule has 1 fully saturated rings. The monoisotopic (exact) mass is 241 g/mol. The highest BCUT2D eigenvalue weighted by Gasteiger charge is 2.21. The molecule has 5 heteroatoms. The van der Waals surface area contributed by atoms with E-state index in [0.717, 1.165) is 0 Å². The Bertz CT molecular complexity index is 262. The molecule has 17 heavy (non-hydrogen) atoms. The van der Waals surface area contributed by atoms with Gasteiger partial charge in [0, 0.05) is 6.04 Å². The van der Waals surface area contributed by atoms with E-state index in [4.69, 9.17) is 5.73 Å². The van der Waals surface area contributed by atoms with Gasteiger partial charge in [-0.05, 0) is 25.7 Å². The van der Waals surface area contributed by atoms with Crippen molar-refractivity contribution in [2.24, 2.45) is 11.7 Å². The van der Waals surface area contributed by atoms with Crippen LogP contribution in [0.1, 0.15) is 39.0 Å². The average Bonchev–Trinajstić information content (AvgIpc) is 2.36. The van der Waals surface area contributed by atoms with Crippen molar-refractivity contribution in [3.8, 4) is 0 Å². The molecule has 0 aromatic carbocycles. The highest BCUT2D eigenvalue weighted by atomic mass is 16.2. The second-order valence-corrected chi connectivity index (χ2v) is 4.74. The Kier molecular flexibility index (Phi) is 5.97. The fourth-order valence-electron chi connectivity index (χ4n) is 2.31. The zero-order valence-electron chi connectivity index (χ0n) is 10.5. The number of nitrogens with two attached hydrogens (primary N) is 1. The van der Waals surface area contributed by atoms with Crippen LogP contribution in [-0.2, 0) is 9.59 Å². The van der Waals surface area contributed by atoms with Crippen LogP contribution in [0.25, 0.3) is 0 Å². The molecule has 4 N–H and O–H groups in total. The Morgan fingerprint density at radius 2 is 1.88 bits per heavy atom. The summed E-state index contributed by atoms with van der Waals surface area (Å²) in [4.78, 5) is 22.4. The minimum atomic E-state index is -0.300. The summed E-state index contributed by atoms with van der Waals surface area (Å²) >= 11 is 0. The lowest BCUT2D eigenvalue weighted by atomic mass is 9.84. The van der Waals surface area contributed by atoms with Gasteiger partial charge in [-0.15, -0.1) is 0 Å². The summed E-state index contributed by atoms with van der Waals surface area (Å²) in [6.45, 7) is 1.98. The number of hydrogen-bond acceptors (Lipinski definition) is 3. The Labute approximate surface area is 103 Å². The zero-order valence-corrected chi connectivity index (χ0v) is 10.5. The summed E-state index contributed by atoms with van der Waals surface area (Å²) in [5.74, 6) is 0.147. The van der Waals surface area contributed by atoms with Crippen molar-refractivity contribution in [3.05, 3.63) is 0 Å². The lowest BCUT2D eigenvalue weighted by Gasteiger charge is -2.28. The fourth-order valence-corrected chi connectivity index (χ4v) is 2.31. The first-order chi connectivity index (χ1) is 8.13. The van der Waals surface area contributed by atoms with Crippen molar-refractivity contribution in [3.63, 3.8) is 0 Å². The molecule has 0 radical (unpaired) electrons. The molecule has 1 aliphatic carbocycles. The van der Waals surface area contributed by atoms with Crippen molar-refractivity contribution in [2.75, 3.05) is 13.1 Å². The smallest absolute Gasteiger partial charge is 0.239 e. The zero-order chi connectivity index (χ0) is 12.7. The van der Waals surface area contributed by atoms with E-state index in [1.807, 2.05) is 6.92 Å². The van der Waals surface area contributed by atoms with Gasteiger partial charge in [-0.25, -0.2) is 0 Å². The Morgan fingerprint density at radius 1 is 1.24 bits per heavy atom. The van der Waals surface area contributed by atoms with Crippen molar-refractivity contribution in [1.82, 2.24) is 10.6 Å². The number of carbonyl (C=O) groups is 2. The molecule has 0 heterocycles. The SMILES string of the molecule is CC(NC(=O)CNC(=O)CN)C1CCCCC1. The third-order valence-electron chi connectivity index (χ3n) is 3.38. The third-order valence-corrected chi connectivity index (χ3v) is 3.38. The van der Waals surface area contributed by atoms with E-state index in [-0.39, 0.29) is 30.9 Å². The van der Waals surface area contributed by atoms with Crippen LogP contribution in [0.4, 0.5) is 0 Å². The maximum Gasteiger partial charge on any atom is 0.239 e. The minimum Gasteiger partial charge on any atom is -0.352 e. The van der Waals surface area contributed by atoms with Gasteiger partial charge in [0.15, 0.2) is 0 Å². The van der Waals surface area contributed by atoms with Crippen LogP contribution < -0.4 is 16.4 Å². The highest BCUT2D eigenvalue weighted by molar-refractivity contribution is 5.85. The predicted molar refractivity (Wildman–Crippen MR) is 66.2 cm³/mol. The van der Waals surface area contributed by atoms with E-state index in [0.29, 0.717) is 5.92 Å². The van der Waals surface area contributed by atoms with E-state index in [1.54, 1.807) is 0 Å². The minimum absolute atomic E-state index is 0.0209. The number of nitrogens with one attached hydrogen (secondary N) is 2. The van der Waals surface area contributed by atoms with Gasteiger partial charge < -0.3 is 16.4 Å². The summed E-state index contributed by atoms with van der Waals surface area (Å²) in [5, 5.41) is 5.40. The highest BCUT2D eigenvalue weighted by Crippen LogP contribution is 2.26. The van der Waals surface area contributed by atoms with E-state index in [1.165, 1.54) is 32.1 Å². The molecule has 1 rings (SSSR count). The molecule has 1 saturated carbocycles. The fraction of sp³-hybridized carbons (Fsp3) is 0.833. The molecule has 0 bridgehead atoms. The van der Waals surface area contributed by atoms with Crippen molar-refractivity contribution >= 4 is 11.8 Å². The molecule has 0 aromatic rings. The van der Waals surface area contributed by atoms with Gasteiger partial charge in [-0.1, -0.05) is 19.3 Å². The molecule has 0 aromatic heterocycles. The first-order valence-electron chi connectivity index (χ1n) is 6.39. The molecule has 2 amide bonds. The standard InChI is InChI=1S/C12H23N3O2/c1-9(10-5-3-2-4-6-10)15-12(17)8-14-11(16)7-13/h9-10H,2-8,13H2,1H3,(H,14,16)(H,15,17). The lowest BCUT2D eigenvalue weighted by molar-refractivity contribution is -0.125. The molecular formula is C12H23N3O2. The number of rotatable bonds is 5. The van der Waals surface area contributed by atoms with Gasteiger partial charge >= 0.3 is 0 Å². The summed E-state index contributed by atoms with van der Waals surface area (Å²) in [7, 11) is 0. The van der Waals surface area contributed by atoms with Crippen LogP contribution in [0, 0.1) is 5.92 Å². The Hall–Kier alpha value is -1.10. The first-order valence-corrected chi connectivity index (χ1v) is 6.39. The van der Waals surface area contributed by atoms with Crippen molar-refractivity contribution in [1.29, 1.82) is 0 Å². The van der Waals surface area contributed by atoms with Crippen LogP contribution in [0.5, 0.6) is 0 Å². The molecule has 1 aliphatic rings. The van der Waals surface area contributed by atoms with E-state index in [9.17, 15) is 9.59 Å². The average molecular weight is 241 g/mol. The van der Waals surface area contributed by atoms with Crippen LogP contribution >= 0.6 is 0 Å². The maximum absolute atomic E-state index is 11.5. The van der Waals surface area contributed by atoms with Gasteiger partial charge in [0.1, 0.15) is 0 Å². The summed E-state index contributed by atoms with van der Waals surface area (Å²) in [6.07, 6.45) is 6.21. The van der Waals surface area contributed by atoms with Gasteiger partial charge in [-0.2, -0.15) is 0 Å². The van der Waals surface area contributed by atoms with Crippen LogP contribution in [0.3, 0.4) is 0 Å². The number of carbonyl (C=O) groups excluding carboxylic acids is 2. The van der Waals surface area contributed by atoms with Gasteiger partial charge in [-0.3, -0.25) is 9.59 Å². The Morgan fingerprint density at radius 3 is 2.47 bits per heavy atom. The second kappa shape index (κ2) is 7.27. The number of hydrogen-bond donors (Lipinski definition) is 3. The topological polar surface area (TPSA) is 84.2 Å². The molecule has 5 nitrogen and oxygen atoms in total. The first kappa shape index (κ1) is 14.0. The van der Waals surface area contributed by atoms with Crippen LogP contribution in [0.2, 0.25) is 0 Å². The van der Waals surface area contributed by atoms with E-state index < -0.39 is 0 Å². The molecule has 1 unspecified atom stereocenters. The molecule has 0 saturated heterocycles. The van der Waals surface area contributed by atoms with Crippen LogP contribution in [0.15, 0.2) is 0 Å². The van der Waals surface area contributed by atoms with Gasteiger partial charge in [0.05, 0.1) is 13.1 Å². The van der Waals surface area contributed by atoms with E-state index in [2.05, 4.69) is 10.6 Å². The lowest BCUT2D eigenvalue weighted by Crippen LogP contribution is -2.45. The van der Waals surface area contributed by atoms with Gasteiger partial charge in [0.2, 0.25) is 11.8 Å². The van der Waals surface area contributed by atoms with E-state index >= 15 is 0 Å².